The third kappa shape index (κ3) is 6.89. The summed E-state index contributed by atoms with van der Waals surface area (Å²) in [6, 6.07) is 13.9. The molecular weight excluding hydrogens is 384 g/mol. The van der Waals surface area contributed by atoms with Crippen LogP contribution in [0.25, 0.3) is 0 Å². The van der Waals surface area contributed by atoms with E-state index in [9.17, 15) is 14.4 Å². The normalized spacial score (nSPS) is 11.3. The predicted octanol–water partition coefficient (Wildman–Crippen LogP) is 0.927. The van der Waals surface area contributed by atoms with Gasteiger partial charge in [0.15, 0.2) is 13.1 Å². The lowest BCUT2D eigenvalue weighted by Gasteiger charge is -2.17. The van der Waals surface area contributed by atoms with Gasteiger partial charge in [-0.3, -0.25) is 14.4 Å². The third-order valence-corrected chi connectivity index (χ3v) is 4.45. The minimum atomic E-state index is -0.231. The van der Waals surface area contributed by atoms with Crippen LogP contribution in [0.1, 0.15) is 24.2 Å². The minimum absolute atomic E-state index is 0.126. The van der Waals surface area contributed by atoms with E-state index in [-0.39, 0.29) is 30.8 Å². The Hall–Kier alpha value is -3.39. The van der Waals surface area contributed by atoms with Crippen molar-refractivity contribution in [1.82, 2.24) is 5.32 Å². The molecule has 1 atom stereocenters. The van der Waals surface area contributed by atoms with Gasteiger partial charge in [-0.05, 0) is 44.2 Å². The van der Waals surface area contributed by atoms with Gasteiger partial charge in [0.2, 0.25) is 0 Å². The Kier molecular flexibility index (Phi) is 8.83. The van der Waals surface area contributed by atoms with Crippen molar-refractivity contribution >= 4 is 29.1 Å². The van der Waals surface area contributed by atoms with E-state index in [2.05, 4.69) is 16.0 Å². The second kappa shape index (κ2) is 11.6. The summed E-state index contributed by atoms with van der Waals surface area (Å²) in [5.74, 6) is -0.0524. The number of benzene rings is 2. The van der Waals surface area contributed by atoms with Crippen LogP contribution in [0.5, 0.6) is 5.75 Å². The number of para-hydroxylation sites is 2. The van der Waals surface area contributed by atoms with Crippen LogP contribution in [0, 0.1) is 0 Å². The van der Waals surface area contributed by atoms with E-state index >= 15 is 0 Å². The number of nitrogens with one attached hydrogen (secondary N) is 4. The lowest BCUT2D eigenvalue weighted by atomic mass is 10.2. The molecule has 0 saturated heterocycles. The lowest BCUT2D eigenvalue weighted by Crippen LogP contribution is -3.13. The number of quaternary nitrogens is 1. The van der Waals surface area contributed by atoms with Gasteiger partial charge in [0, 0.05) is 17.8 Å². The highest BCUT2D eigenvalue weighted by Crippen LogP contribution is 2.22. The van der Waals surface area contributed by atoms with Crippen molar-refractivity contribution in [2.24, 2.45) is 0 Å². The Morgan fingerprint density at radius 2 is 1.63 bits per heavy atom. The molecule has 0 aliphatic carbocycles. The molecule has 0 fully saturated rings. The van der Waals surface area contributed by atoms with Gasteiger partial charge in [0.25, 0.3) is 17.7 Å². The van der Waals surface area contributed by atoms with E-state index in [0.717, 1.165) is 4.90 Å². The molecule has 0 aromatic heterocycles. The van der Waals surface area contributed by atoms with Gasteiger partial charge in [-0.2, -0.15) is 0 Å². The number of hydrogen-bond acceptors (Lipinski definition) is 4. The largest absolute Gasteiger partial charge is 0.495 e. The summed E-state index contributed by atoms with van der Waals surface area (Å²) >= 11 is 0. The standard InChI is InChI=1S/C22H28N4O4/c1-4-23-22(29)16-9-8-10-17(13-16)24-20(27)14-26(5-2)15-21(28)25-18-11-6-7-12-19(18)30-3/h6-13H,4-5,14-15H2,1-3H3,(H,23,29)(H,24,27)(H,25,28)/p+1. The SMILES string of the molecule is CCNC(=O)c1cccc(NC(=O)C[NH+](CC)CC(=O)Nc2ccccc2OC)c1. The molecule has 2 aromatic carbocycles. The van der Waals surface area contributed by atoms with Gasteiger partial charge in [-0.1, -0.05) is 18.2 Å². The summed E-state index contributed by atoms with van der Waals surface area (Å²) in [5.41, 5.74) is 1.61. The van der Waals surface area contributed by atoms with Crippen molar-refractivity contribution in [3.05, 3.63) is 54.1 Å². The first kappa shape index (κ1) is 22.9. The Morgan fingerprint density at radius 3 is 2.30 bits per heavy atom. The molecule has 8 nitrogen and oxygen atoms in total. The van der Waals surface area contributed by atoms with Crippen LogP contribution >= 0.6 is 0 Å². The summed E-state index contributed by atoms with van der Waals surface area (Å²) < 4.78 is 5.24. The quantitative estimate of drug-likeness (QED) is 0.465. The summed E-state index contributed by atoms with van der Waals surface area (Å²) in [6.45, 7) is 5.15. The number of carbonyl (C=O) groups is 3. The first-order chi connectivity index (χ1) is 14.5. The van der Waals surface area contributed by atoms with Gasteiger partial charge in [0.1, 0.15) is 5.75 Å². The number of carbonyl (C=O) groups excluding carboxylic acids is 3. The maximum absolute atomic E-state index is 12.4. The molecule has 0 aliphatic rings. The van der Waals surface area contributed by atoms with Gasteiger partial charge in [0.05, 0.1) is 19.3 Å². The van der Waals surface area contributed by atoms with Gasteiger partial charge in [-0.25, -0.2) is 0 Å². The van der Waals surface area contributed by atoms with Crippen molar-refractivity contribution < 1.29 is 24.0 Å². The fourth-order valence-electron chi connectivity index (χ4n) is 2.91. The number of likely N-dealkylation sites (N-methyl/N-ethyl adjacent to an activating group) is 1. The van der Waals surface area contributed by atoms with Crippen molar-refractivity contribution in [1.29, 1.82) is 0 Å². The molecule has 1 unspecified atom stereocenters. The van der Waals surface area contributed by atoms with E-state index in [1.54, 1.807) is 43.5 Å². The van der Waals surface area contributed by atoms with E-state index in [1.165, 1.54) is 0 Å². The fourth-order valence-corrected chi connectivity index (χ4v) is 2.91. The molecule has 0 heterocycles. The average molecular weight is 413 g/mol. The van der Waals surface area contributed by atoms with E-state index < -0.39 is 0 Å². The average Bonchev–Trinajstić information content (AvgIpc) is 2.74. The van der Waals surface area contributed by atoms with Gasteiger partial charge in [-0.15, -0.1) is 0 Å². The van der Waals surface area contributed by atoms with Gasteiger partial charge < -0.3 is 25.6 Å². The summed E-state index contributed by atoms with van der Waals surface area (Å²) in [6.07, 6.45) is 0. The molecule has 0 saturated carbocycles. The summed E-state index contributed by atoms with van der Waals surface area (Å²) in [7, 11) is 1.54. The molecule has 0 radical (unpaired) electrons. The van der Waals surface area contributed by atoms with Crippen molar-refractivity contribution in [2.45, 2.75) is 13.8 Å². The first-order valence-corrected chi connectivity index (χ1v) is 9.91. The number of amides is 3. The molecule has 2 rings (SSSR count). The number of ether oxygens (including phenoxy) is 1. The molecule has 2 aromatic rings. The van der Waals surface area contributed by atoms with Crippen LogP contribution in [0.2, 0.25) is 0 Å². The third-order valence-electron chi connectivity index (χ3n) is 4.45. The maximum Gasteiger partial charge on any atom is 0.279 e. The number of hydrogen-bond donors (Lipinski definition) is 4. The molecule has 0 bridgehead atoms. The van der Waals surface area contributed by atoms with Crippen molar-refractivity contribution in [2.75, 3.05) is 43.9 Å². The molecule has 0 spiro atoms. The van der Waals surface area contributed by atoms with Gasteiger partial charge >= 0.3 is 0 Å². The molecule has 4 N–H and O–H groups in total. The summed E-state index contributed by atoms with van der Waals surface area (Å²) in [4.78, 5) is 37.6. The number of methoxy groups -OCH3 is 1. The van der Waals surface area contributed by atoms with Crippen LogP contribution < -0.4 is 25.6 Å². The minimum Gasteiger partial charge on any atom is -0.495 e. The topological polar surface area (TPSA) is 101 Å². The molecule has 8 heteroatoms. The predicted molar refractivity (Wildman–Crippen MR) is 116 cm³/mol. The highest BCUT2D eigenvalue weighted by Gasteiger charge is 2.18. The molecule has 30 heavy (non-hydrogen) atoms. The van der Waals surface area contributed by atoms with E-state index in [1.807, 2.05) is 26.0 Å². The number of rotatable bonds is 10. The Labute approximate surface area is 176 Å². The van der Waals surface area contributed by atoms with Crippen LogP contribution in [0.15, 0.2) is 48.5 Å². The van der Waals surface area contributed by atoms with Crippen molar-refractivity contribution in [3.8, 4) is 5.75 Å². The second-order valence-corrected chi connectivity index (χ2v) is 6.69. The maximum atomic E-state index is 12.4. The Balaban J connectivity index is 1.92. The first-order valence-electron chi connectivity index (χ1n) is 9.91. The Bertz CT molecular complexity index is 885. The van der Waals surface area contributed by atoms with Crippen LogP contribution in [-0.4, -0.2) is 51.0 Å². The summed E-state index contributed by atoms with van der Waals surface area (Å²) in [5, 5.41) is 8.34. The highest BCUT2D eigenvalue weighted by atomic mass is 16.5. The smallest absolute Gasteiger partial charge is 0.279 e. The molecular formula is C22H29N4O4+. The van der Waals surface area contributed by atoms with E-state index in [0.29, 0.717) is 35.8 Å². The highest BCUT2D eigenvalue weighted by molar-refractivity contribution is 5.97. The fraction of sp³-hybridized carbons (Fsp3) is 0.318. The zero-order valence-corrected chi connectivity index (χ0v) is 17.6. The second-order valence-electron chi connectivity index (χ2n) is 6.69. The van der Waals surface area contributed by atoms with Crippen LogP contribution in [-0.2, 0) is 9.59 Å². The lowest BCUT2D eigenvalue weighted by molar-refractivity contribution is -0.881. The Morgan fingerprint density at radius 1 is 0.933 bits per heavy atom. The molecule has 3 amide bonds. The molecule has 0 aliphatic heterocycles. The van der Waals surface area contributed by atoms with Crippen molar-refractivity contribution in [3.63, 3.8) is 0 Å². The monoisotopic (exact) mass is 413 g/mol. The van der Waals surface area contributed by atoms with Crippen LogP contribution in [0.4, 0.5) is 11.4 Å². The van der Waals surface area contributed by atoms with E-state index in [4.69, 9.17) is 4.74 Å². The zero-order chi connectivity index (χ0) is 21.9. The molecule has 160 valence electrons. The zero-order valence-electron chi connectivity index (χ0n) is 17.6. The number of anilines is 2. The van der Waals surface area contributed by atoms with Crippen LogP contribution in [0.3, 0.4) is 0 Å².